The first kappa shape index (κ1) is 18.5. The maximum absolute atomic E-state index is 13.1. The average molecular weight is 368 g/mol. The molecule has 0 aliphatic heterocycles. The minimum atomic E-state index is -0.664. The van der Waals surface area contributed by atoms with E-state index in [1.165, 1.54) is 0 Å². The summed E-state index contributed by atoms with van der Waals surface area (Å²) in [6.07, 6.45) is 0.579. The fourth-order valence-corrected chi connectivity index (χ4v) is 4.08. The normalized spacial score (nSPS) is 14.7. The van der Waals surface area contributed by atoms with Gasteiger partial charge in [-0.25, -0.2) is 4.98 Å². The minimum absolute atomic E-state index is 0.0325. The Morgan fingerprint density at radius 3 is 2.54 bits per heavy atom. The van der Waals surface area contributed by atoms with Crippen LogP contribution in [0.15, 0.2) is 54.6 Å². The largest absolute Gasteiger partial charge is 0.354 e. The summed E-state index contributed by atoms with van der Waals surface area (Å²) in [4.78, 5) is 17.9. The van der Waals surface area contributed by atoms with Crippen LogP contribution in [0, 0.1) is 0 Å². The van der Waals surface area contributed by atoms with E-state index in [9.17, 15) is 4.79 Å². The Labute approximate surface area is 158 Å². The van der Waals surface area contributed by atoms with Gasteiger partial charge in [-0.05, 0) is 38.6 Å². The van der Waals surface area contributed by atoms with Crippen molar-refractivity contribution in [1.82, 2.24) is 15.6 Å². The first-order chi connectivity index (χ1) is 12.5. The number of thiazole rings is 1. The smallest absolute Gasteiger partial charge is 0.230 e. The highest BCUT2D eigenvalue weighted by molar-refractivity contribution is 7.18. The number of nitrogens with zero attached hydrogens (tertiary/aromatic N) is 1. The predicted octanol–water partition coefficient (Wildman–Crippen LogP) is 3.52. The van der Waals surface area contributed by atoms with Crippen LogP contribution in [-0.2, 0) is 16.6 Å². The Bertz CT molecular complexity index is 844. The van der Waals surface area contributed by atoms with Crippen LogP contribution in [0.4, 0.5) is 0 Å². The Hall–Kier alpha value is -2.24. The molecule has 1 amide bonds. The molecule has 0 bridgehead atoms. The SMILES string of the molecule is CNC(C)CNC(=O)C(C)(Cc1nc2ccccc2s1)c1ccccc1. The summed E-state index contributed by atoms with van der Waals surface area (Å²) in [5, 5.41) is 7.24. The summed E-state index contributed by atoms with van der Waals surface area (Å²) in [6.45, 7) is 4.65. The molecule has 0 saturated heterocycles. The number of aromatic nitrogens is 1. The maximum Gasteiger partial charge on any atom is 0.230 e. The van der Waals surface area contributed by atoms with E-state index in [0.717, 1.165) is 20.8 Å². The van der Waals surface area contributed by atoms with E-state index in [4.69, 9.17) is 4.98 Å². The number of rotatable bonds is 7. The Morgan fingerprint density at radius 1 is 1.15 bits per heavy atom. The second-order valence-corrected chi connectivity index (χ2v) is 7.97. The van der Waals surface area contributed by atoms with Crippen molar-refractivity contribution in [2.75, 3.05) is 13.6 Å². The van der Waals surface area contributed by atoms with E-state index >= 15 is 0 Å². The number of para-hydroxylation sites is 1. The molecule has 4 nitrogen and oxygen atoms in total. The van der Waals surface area contributed by atoms with Crippen molar-refractivity contribution >= 4 is 27.5 Å². The molecule has 136 valence electrons. The monoisotopic (exact) mass is 367 g/mol. The second-order valence-electron chi connectivity index (χ2n) is 6.85. The molecule has 0 aliphatic rings. The van der Waals surface area contributed by atoms with E-state index in [2.05, 4.69) is 16.7 Å². The number of likely N-dealkylation sites (N-methyl/N-ethyl adjacent to an activating group) is 1. The lowest BCUT2D eigenvalue weighted by molar-refractivity contribution is -0.126. The van der Waals surface area contributed by atoms with Crippen LogP contribution in [-0.4, -0.2) is 30.5 Å². The Balaban J connectivity index is 1.91. The van der Waals surface area contributed by atoms with Crippen molar-refractivity contribution in [2.45, 2.75) is 31.7 Å². The molecule has 26 heavy (non-hydrogen) atoms. The standard InChI is InChI=1S/C21H25N3OS/c1-15(22-3)14-23-20(25)21(2,16-9-5-4-6-10-16)13-19-24-17-11-7-8-12-18(17)26-19/h4-12,15,22H,13-14H2,1-3H3,(H,23,25). The van der Waals surface area contributed by atoms with Gasteiger partial charge >= 0.3 is 0 Å². The third-order valence-electron chi connectivity index (χ3n) is 4.82. The zero-order chi connectivity index (χ0) is 18.6. The quantitative estimate of drug-likeness (QED) is 0.672. The van der Waals surface area contributed by atoms with Crippen LogP contribution in [0.2, 0.25) is 0 Å². The van der Waals surface area contributed by atoms with Crippen LogP contribution in [0.1, 0.15) is 24.4 Å². The van der Waals surface area contributed by atoms with Gasteiger partial charge in [-0.1, -0.05) is 42.5 Å². The van der Waals surface area contributed by atoms with Crippen LogP contribution < -0.4 is 10.6 Å². The molecule has 2 N–H and O–H groups in total. The molecule has 0 spiro atoms. The summed E-state index contributed by atoms with van der Waals surface area (Å²) < 4.78 is 1.15. The summed E-state index contributed by atoms with van der Waals surface area (Å²) in [6, 6.07) is 18.3. The van der Waals surface area contributed by atoms with E-state index in [1.807, 2.05) is 69.4 Å². The van der Waals surface area contributed by atoms with Crippen LogP contribution in [0.3, 0.4) is 0 Å². The van der Waals surface area contributed by atoms with Crippen LogP contribution >= 0.6 is 11.3 Å². The number of nitrogens with one attached hydrogen (secondary N) is 2. The lowest BCUT2D eigenvalue weighted by atomic mass is 9.78. The molecule has 5 heteroatoms. The first-order valence-electron chi connectivity index (χ1n) is 8.88. The van der Waals surface area contributed by atoms with Crippen molar-refractivity contribution in [3.63, 3.8) is 0 Å². The Morgan fingerprint density at radius 2 is 1.85 bits per heavy atom. The van der Waals surface area contributed by atoms with E-state index in [1.54, 1.807) is 11.3 Å². The third kappa shape index (κ3) is 3.94. The molecule has 2 atom stereocenters. The number of carbonyl (C=O) groups is 1. The lowest BCUT2D eigenvalue weighted by Crippen LogP contribution is -2.47. The highest BCUT2D eigenvalue weighted by Gasteiger charge is 2.36. The summed E-state index contributed by atoms with van der Waals surface area (Å²) in [5.74, 6) is 0.0325. The molecular formula is C21H25N3OS. The molecule has 3 rings (SSSR count). The fourth-order valence-electron chi connectivity index (χ4n) is 2.96. The van der Waals surface area contributed by atoms with E-state index in [-0.39, 0.29) is 11.9 Å². The highest BCUT2D eigenvalue weighted by atomic mass is 32.1. The third-order valence-corrected chi connectivity index (χ3v) is 5.85. The number of benzene rings is 2. The van der Waals surface area contributed by atoms with Gasteiger partial charge in [0, 0.05) is 19.0 Å². The topological polar surface area (TPSA) is 54.0 Å². The molecule has 1 heterocycles. The zero-order valence-corrected chi connectivity index (χ0v) is 16.3. The number of amides is 1. The molecule has 0 radical (unpaired) electrons. The van der Waals surface area contributed by atoms with Crippen LogP contribution in [0.25, 0.3) is 10.2 Å². The average Bonchev–Trinajstić information content (AvgIpc) is 3.08. The van der Waals surface area contributed by atoms with Crippen molar-refractivity contribution < 1.29 is 4.79 Å². The summed E-state index contributed by atoms with van der Waals surface area (Å²) in [7, 11) is 1.90. The van der Waals surface area contributed by atoms with Gasteiger partial charge in [0.25, 0.3) is 0 Å². The van der Waals surface area contributed by atoms with Gasteiger partial charge in [0.15, 0.2) is 0 Å². The van der Waals surface area contributed by atoms with Crippen molar-refractivity contribution in [1.29, 1.82) is 0 Å². The molecule has 1 aromatic heterocycles. The van der Waals surface area contributed by atoms with Gasteiger partial charge in [-0.15, -0.1) is 11.3 Å². The molecule has 2 unspecified atom stereocenters. The molecule has 0 aliphatic carbocycles. The predicted molar refractivity (Wildman–Crippen MR) is 109 cm³/mol. The van der Waals surface area contributed by atoms with Gasteiger partial charge in [-0.2, -0.15) is 0 Å². The zero-order valence-electron chi connectivity index (χ0n) is 15.5. The summed E-state index contributed by atoms with van der Waals surface area (Å²) in [5.41, 5.74) is 1.34. The molecule has 2 aromatic carbocycles. The van der Waals surface area contributed by atoms with Crippen molar-refractivity contribution in [2.24, 2.45) is 0 Å². The first-order valence-corrected chi connectivity index (χ1v) is 9.70. The van der Waals surface area contributed by atoms with E-state index in [0.29, 0.717) is 13.0 Å². The van der Waals surface area contributed by atoms with Crippen molar-refractivity contribution in [3.8, 4) is 0 Å². The molecular weight excluding hydrogens is 342 g/mol. The minimum Gasteiger partial charge on any atom is -0.354 e. The number of hydrogen-bond donors (Lipinski definition) is 2. The highest BCUT2D eigenvalue weighted by Crippen LogP contribution is 2.32. The van der Waals surface area contributed by atoms with E-state index < -0.39 is 5.41 Å². The van der Waals surface area contributed by atoms with Gasteiger partial charge in [0.1, 0.15) is 0 Å². The number of carbonyl (C=O) groups excluding carboxylic acids is 1. The molecule has 0 fully saturated rings. The molecule has 3 aromatic rings. The molecule has 0 saturated carbocycles. The summed E-state index contributed by atoms with van der Waals surface area (Å²) >= 11 is 1.66. The number of hydrogen-bond acceptors (Lipinski definition) is 4. The van der Waals surface area contributed by atoms with Gasteiger partial charge in [0.2, 0.25) is 5.91 Å². The lowest BCUT2D eigenvalue weighted by Gasteiger charge is -2.29. The Kier molecular flexibility index (Phi) is 5.69. The van der Waals surface area contributed by atoms with Gasteiger partial charge in [-0.3, -0.25) is 4.79 Å². The maximum atomic E-state index is 13.1. The van der Waals surface area contributed by atoms with Crippen LogP contribution in [0.5, 0.6) is 0 Å². The second kappa shape index (κ2) is 7.98. The van der Waals surface area contributed by atoms with Crippen molar-refractivity contribution in [3.05, 3.63) is 65.2 Å². The number of fused-ring (bicyclic) bond motifs is 1. The van der Waals surface area contributed by atoms with Gasteiger partial charge < -0.3 is 10.6 Å². The fraction of sp³-hybridized carbons (Fsp3) is 0.333. The van der Waals surface area contributed by atoms with Gasteiger partial charge in [0.05, 0.1) is 20.6 Å².